The summed E-state index contributed by atoms with van der Waals surface area (Å²) in [6, 6.07) is 4.92. The number of fused-ring (bicyclic) bond motifs is 1. The second kappa shape index (κ2) is 6.33. The van der Waals surface area contributed by atoms with Gasteiger partial charge in [0.1, 0.15) is 23.3 Å². The lowest BCUT2D eigenvalue weighted by Crippen LogP contribution is -2.38. The summed E-state index contributed by atoms with van der Waals surface area (Å²) in [6.45, 7) is 5.09. The van der Waals surface area contributed by atoms with Crippen LogP contribution in [-0.4, -0.2) is 39.5 Å². The van der Waals surface area contributed by atoms with E-state index in [-0.39, 0.29) is 6.54 Å². The van der Waals surface area contributed by atoms with Crippen LogP contribution in [0.25, 0.3) is 11.1 Å². The Labute approximate surface area is 127 Å². The van der Waals surface area contributed by atoms with Crippen LogP contribution in [0.3, 0.4) is 0 Å². The number of ether oxygens (including phenoxy) is 1. The summed E-state index contributed by atoms with van der Waals surface area (Å²) in [5, 5.41) is 22.5. The highest BCUT2D eigenvalue weighted by atomic mass is 16.6. The molecule has 0 aliphatic heterocycles. The third kappa shape index (κ3) is 4.19. The molecular formula is C15H20N2O5. The number of hydrogen-bond acceptors (Lipinski definition) is 6. The topological polar surface area (TPSA) is 105 Å². The lowest BCUT2D eigenvalue weighted by molar-refractivity contribution is 0.0130. The first-order chi connectivity index (χ1) is 10.3. The predicted molar refractivity (Wildman–Crippen MR) is 79.2 cm³/mol. The summed E-state index contributed by atoms with van der Waals surface area (Å²) in [5.41, 5.74) is 1.05. The monoisotopic (exact) mass is 308 g/mol. The number of alkyl carbamates (subject to hydrolysis) is 1. The molecule has 1 aromatic carbocycles. The number of nitrogens with one attached hydrogen (secondary N) is 1. The molecule has 1 amide bonds. The van der Waals surface area contributed by atoms with E-state index in [4.69, 9.17) is 9.15 Å². The van der Waals surface area contributed by atoms with Gasteiger partial charge >= 0.3 is 6.09 Å². The van der Waals surface area contributed by atoms with Crippen molar-refractivity contribution < 1.29 is 24.2 Å². The standard InChI is InChI=1S/C15H20N2O5/c1-15(2,3)22-14(20)16-7-11(18)13(19)9-4-5-12-10(6-9)17-8-21-12/h4-6,8,11,13,18-19H,7H2,1-3H3,(H,16,20). The number of rotatable bonds is 4. The molecule has 2 atom stereocenters. The Bertz CT molecular complexity index is 647. The van der Waals surface area contributed by atoms with Crippen LogP contribution in [0, 0.1) is 0 Å². The number of aliphatic hydroxyl groups excluding tert-OH is 2. The van der Waals surface area contributed by atoms with Gasteiger partial charge in [0.15, 0.2) is 12.0 Å². The molecule has 0 aliphatic carbocycles. The first-order valence-corrected chi connectivity index (χ1v) is 6.92. The van der Waals surface area contributed by atoms with E-state index in [1.807, 2.05) is 0 Å². The summed E-state index contributed by atoms with van der Waals surface area (Å²) < 4.78 is 10.2. The van der Waals surface area contributed by atoms with Gasteiger partial charge in [0.2, 0.25) is 0 Å². The molecule has 0 radical (unpaired) electrons. The maximum Gasteiger partial charge on any atom is 0.407 e. The van der Waals surface area contributed by atoms with Crippen molar-refractivity contribution in [3.05, 3.63) is 30.2 Å². The number of amides is 1. The Morgan fingerprint density at radius 1 is 1.41 bits per heavy atom. The molecule has 7 heteroatoms. The van der Waals surface area contributed by atoms with Gasteiger partial charge in [0, 0.05) is 6.54 Å². The van der Waals surface area contributed by atoms with E-state index in [0.29, 0.717) is 16.7 Å². The zero-order valence-corrected chi connectivity index (χ0v) is 12.7. The van der Waals surface area contributed by atoms with Crippen LogP contribution in [0.1, 0.15) is 32.4 Å². The quantitative estimate of drug-likeness (QED) is 0.794. The van der Waals surface area contributed by atoms with Crippen LogP contribution in [-0.2, 0) is 4.74 Å². The maximum absolute atomic E-state index is 11.5. The smallest absolute Gasteiger partial charge is 0.407 e. The highest BCUT2D eigenvalue weighted by Gasteiger charge is 2.22. The van der Waals surface area contributed by atoms with Gasteiger partial charge in [-0.25, -0.2) is 9.78 Å². The fourth-order valence-electron chi connectivity index (χ4n) is 1.89. The van der Waals surface area contributed by atoms with Gasteiger partial charge in [0.25, 0.3) is 0 Å². The van der Waals surface area contributed by atoms with E-state index >= 15 is 0 Å². The van der Waals surface area contributed by atoms with Gasteiger partial charge in [0.05, 0.1) is 0 Å². The number of hydrogen-bond donors (Lipinski definition) is 3. The molecule has 2 rings (SSSR count). The Hall–Kier alpha value is -2.12. The van der Waals surface area contributed by atoms with Gasteiger partial charge in [-0.3, -0.25) is 0 Å². The minimum atomic E-state index is -1.17. The average molecular weight is 308 g/mol. The number of carbonyl (C=O) groups is 1. The second-order valence-corrected chi connectivity index (χ2v) is 5.97. The van der Waals surface area contributed by atoms with Crippen LogP contribution < -0.4 is 5.32 Å². The molecule has 0 aliphatic rings. The molecular weight excluding hydrogens is 288 g/mol. The predicted octanol–water partition coefficient (Wildman–Crippen LogP) is 1.75. The van der Waals surface area contributed by atoms with E-state index in [9.17, 15) is 15.0 Å². The van der Waals surface area contributed by atoms with Crippen LogP contribution in [0.5, 0.6) is 0 Å². The van der Waals surface area contributed by atoms with Crippen molar-refractivity contribution in [2.75, 3.05) is 6.54 Å². The Balaban J connectivity index is 1.94. The fourth-order valence-corrected chi connectivity index (χ4v) is 1.89. The third-order valence-electron chi connectivity index (χ3n) is 2.91. The van der Waals surface area contributed by atoms with Crippen molar-refractivity contribution in [2.45, 2.75) is 38.6 Å². The Morgan fingerprint density at radius 2 is 2.14 bits per heavy atom. The van der Waals surface area contributed by atoms with Gasteiger partial charge in [-0.05, 0) is 38.5 Å². The zero-order valence-electron chi connectivity index (χ0n) is 12.7. The Kier molecular flexibility index (Phi) is 4.68. The minimum Gasteiger partial charge on any atom is -0.444 e. The SMILES string of the molecule is CC(C)(C)OC(=O)NCC(O)C(O)c1ccc2ocnc2c1. The van der Waals surface area contributed by atoms with Gasteiger partial charge in [-0.2, -0.15) is 0 Å². The van der Waals surface area contributed by atoms with E-state index in [0.717, 1.165) is 0 Å². The average Bonchev–Trinajstić information content (AvgIpc) is 2.89. The molecule has 2 unspecified atom stereocenters. The van der Waals surface area contributed by atoms with Crippen LogP contribution in [0.2, 0.25) is 0 Å². The lowest BCUT2D eigenvalue weighted by Gasteiger charge is -2.22. The maximum atomic E-state index is 11.5. The summed E-state index contributed by atoms with van der Waals surface area (Å²) in [5.74, 6) is 0. The number of benzene rings is 1. The number of aromatic nitrogens is 1. The first kappa shape index (κ1) is 16.3. The molecule has 7 nitrogen and oxygen atoms in total. The number of oxazole rings is 1. The number of carbonyl (C=O) groups excluding carboxylic acids is 1. The van der Waals surface area contributed by atoms with E-state index < -0.39 is 23.9 Å². The molecule has 0 bridgehead atoms. The van der Waals surface area contributed by atoms with Crippen molar-refractivity contribution in [1.82, 2.24) is 10.3 Å². The van der Waals surface area contributed by atoms with Crippen LogP contribution in [0.15, 0.2) is 29.0 Å². The highest BCUT2D eigenvalue weighted by molar-refractivity contribution is 5.73. The normalized spacial score (nSPS) is 14.6. The lowest BCUT2D eigenvalue weighted by atomic mass is 10.0. The zero-order chi connectivity index (χ0) is 16.3. The summed E-state index contributed by atoms with van der Waals surface area (Å²) >= 11 is 0. The molecule has 22 heavy (non-hydrogen) atoms. The molecule has 0 saturated heterocycles. The second-order valence-electron chi connectivity index (χ2n) is 5.97. The van der Waals surface area contributed by atoms with Crippen molar-refractivity contribution in [3.8, 4) is 0 Å². The number of nitrogens with zero attached hydrogens (tertiary/aromatic N) is 1. The van der Waals surface area contributed by atoms with Crippen molar-refractivity contribution in [2.24, 2.45) is 0 Å². The van der Waals surface area contributed by atoms with Crippen LogP contribution in [0.4, 0.5) is 4.79 Å². The summed E-state index contributed by atoms with van der Waals surface area (Å²) in [6.07, 6.45) is -1.67. The molecule has 3 N–H and O–H groups in total. The fraction of sp³-hybridized carbons (Fsp3) is 0.467. The molecule has 0 saturated carbocycles. The largest absolute Gasteiger partial charge is 0.444 e. The first-order valence-electron chi connectivity index (χ1n) is 6.92. The molecule has 1 aromatic heterocycles. The molecule has 1 heterocycles. The summed E-state index contributed by atoms with van der Waals surface area (Å²) in [4.78, 5) is 15.5. The van der Waals surface area contributed by atoms with Gasteiger partial charge < -0.3 is 24.7 Å². The van der Waals surface area contributed by atoms with Crippen LogP contribution >= 0.6 is 0 Å². The van der Waals surface area contributed by atoms with E-state index in [1.54, 1.807) is 39.0 Å². The number of aliphatic hydroxyl groups is 2. The van der Waals surface area contributed by atoms with Gasteiger partial charge in [-0.15, -0.1) is 0 Å². The Morgan fingerprint density at radius 3 is 2.82 bits per heavy atom. The van der Waals surface area contributed by atoms with E-state index in [2.05, 4.69) is 10.3 Å². The highest BCUT2D eigenvalue weighted by Crippen LogP contribution is 2.21. The van der Waals surface area contributed by atoms with Crippen molar-refractivity contribution in [1.29, 1.82) is 0 Å². The molecule has 2 aromatic rings. The molecule has 0 fully saturated rings. The van der Waals surface area contributed by atoms with E-state index in [1.165, 1.54) is 6.39 Å². The summed E-state index contributed by atoms with van der Waals surface area (Å²) in [7, 11) is 0. The van der Waals surface area contributed by atoms with Crippen molar-refractivity contribution >= 4 is 17.2 Å². The van der Waals surface area contributed by atoms with Crippen molar-refractivity contribution in [3.63, 3.8) is 0 Å². The molecule has 120 valence electrons. The minimum absolute atomic E-state index is 0.132. The third-order valence-corrected chi connectivity index (χ3v) is 2.91. The van der Waals surface area contributed by atoms with Gasteiger partial charge in [-0.1, -0.05) is 6.07 Å². The molecule has 0 spiro atoms.